The largest absolute Gasteiger partial charge is 0.457 e. The summed E-state index contributed by atoms with van der Waals surface area (Å²) in [5.41, 5.74) is 1.48. The van der Waals surface area contributed by atoms with Gasteiger partial charge in [-0.25, -0.2) is 4.98 Å². The Kier molecular flexibility index (Phi) is 4.83. The van der Waals surface area contributed by atoms with Gasteiger partial charge in [0.2, 0.25) is 5.91 Å². The van der Waals surface area contributed by atoms with Crippen LogP contribution in [0.3, 0.4) is 0 Å². The van der Waals surface area contributed by atoms with Gasteiger partial charge in [0.15, 0.2) is 0 Å². The lowest BCUT2D eigenvalue weighted by Crippen LogP contribution is -2.40. The molecule has 1 atom stereocenters. The third kappa shape index (κ3) is 3.87. The number of nitriles is 1. The van der Waals surface area contributed by atoms with Crippen molar-refractivity contribution in [2.45, 2.75) is 12.5 Å². The molecule has 1 fully saturated rings. The zero-order valence-electron chi connectivity index (χ0n) is 15.8. The van der Waals surface area contributed by atoms with Crippen LogP contribution in [0.5, 0.6) is 11.5 Å². The van der Waals surface area contributed by atoms with Crippen LogP contribution in [0.15, 0.2) is 54.6 Å². The number of nitrogens with one attached hydrogen (secondary N) is 1. The van der Waals surface area contributed by atoms with Crippen molar-refractivity contribution in [3.05, 3.63) is 65.9 Å². The van der Waals surface area contributed by atoms with Crippen LogP contribution in [0.4, 0.5) is 0 Å². The van der Waals surface area contributed by atoms with Gasteiger partial charge in [0.1, 0.15) is 23.2 Å². The molecular weight excluding hydrogens is 368 g/mol. The topological polar surface area (TPSA) is 95.3 Å². The Balaban J connectivity index is 1.50. The maximum absolute atomic E-state index is 12.5. The third-order valence-corrected chi connectivity index (χ3v) is 4.85. The standard InChI is InChI=1S/C22H18N4O3/c1-26-11-10-20(22(26)28)25-21(27)19-8-4-15-12-17(7-9-18(15)24-19)29-16-5-2-14(13-23)3-6-16/h2-9,12,20H,10-11H2,1H3,(H,25,27). The lowest BCUT2D eigenvalue weighted by atomic mass is 10.1. The number of hydrogen-bond acceptors (Lipinski definition) is 5. The molecule has 1 N–H and O–H groups in total. The van der Waals surface area contributed by atoms with E-state index in [0.717, 1.165) is 5.39 Å². The number of ether oxygens (including phenoxy) is 1. The van der Waals surface area contributed by atoms with Gasteiger partial charge in [-0.2, -0.15) is 5.26 Å². The van der Waals surface area contributed by atoms with Crippen molar-refractivity contribution in [1.29, 1.82) is 5.26 Å². The van der Waals surface area contributed by atoms with Crippen LogP contribution in [0.25, 0.3) is 10.9 Å². The molecule has 144 valence electrons. The van der Waals surface area contributed by atoms with Crippen molar-refractivity contribution in [3.63, 3.8) is 0 Å². The van der Waals surface area contributed by atoms with Gasteiger partial charge in [-0.1, -0.05) is 6.07 Å². The summed E-state index contributed by atoms with van der Waals surface area (Å²) in [4.78, 5) is 30.4. The number of carbonyl (C=O) groups excluding carboxylic acids is 2. The normalized spacial score (nSPS) is 15.9. The fourth-order valence-corrected chi connectivity index (χ4v) is 3.22. The molecule has 0 radical (unpaired) electrons. The monoisotopic (exact) mass is 386 g/mol. The molecule has 0 aliphatic carbocycles. The molecular formula is C22H18N4O3. The molecule has 29 heavy (non-hydrogen) atoms. The average molecular weight is 386 g/mol. The third-order valence-electron chi connectivity index (χ3n) is 4.85. The maximum atomic E-state index is 12.5. The molecule has 0 spiro atoms. The summed E-state index contributed by atoms with van der Waals surface area (Å²) in [5.74, 6) is 0.807. The van der Waals surface area contributed by atoms with E-state index in [1.807, 2.05) is 6.07 Å². The predicted octanol–water partition coefficient (Wildman–Crippen LogP) is 2.86. The van der Waals surface area contributed by atoms with Crippen molar-refractivity contribution < 1.29 is 14.3 Å². The van der Waals surface area contributed by atoms with E-state index in [2.05, 4.69) is 16.4 Å². The van der Waals surface area contributed by atoms with E-state index >= 15 is 0 Å². The Bertz CT molecular complexity index is 1130. The van der Waals surface area contributed by atoms with E-state index in [1.54, 1.807) is 60.5 Å². The number of amides is 2. The molecule has 3 aromatic rings. The molecule has 1 aliphatic heterocycles. The lowest BCUT2D eigenvalue weighted by molar-refractivity contribution is -0.128. The number of carbonyl (C=O) groups is 2. The first kappa shape index (κ1) is 18.4. The number of hydrogen-bond donors (Lipinski definition) is 1. The van der Waals surface area contributed by atoms with Gasteiger partial charge in [-0.05, 0) is 55.0 Å². The summed E-state index contributed by atoms with van der Waals surface area (Å²) in [7, 11) is 1.72. The van der Waals surface area contributed by atoms with Gasteiger partial charge in [0, 0.05) is 19.0 Å². The average Bonchev–Trinajstić information content (AvgIpc) is 3.06. The van der Waals surface area contributed by atoms with E-state index in [0.29, 0.717) is 35.5 Å². The highest BCUT2D eigenvalue weighted by atomic mass is 16.5. The van der Waals surface area contributed by atoms with E-state index in [4.69, 9.17) is 10.00 Å². The zero-order chi connectivity index (χ0) is 20.4. The van der Waals surface area contributed by atoms with Crippen molar-refractivity contribution in [2.75, 3.05) is 13.6 Å². The van der Waals surface area contributed by atoms with Crippen molar-refractivity contribution in [3.8, 4) is 17.6 Å². The second kappa shape index (κ2) is 7.60. The summed E-state index contributed by atoms with van der Waals surface area (Å²) in [6, 6.07) is 17.2. The number of rotatable bonds is 4. The Labute approximate surface area is 167 Å². The van der Waals surface area contributed by atoms with Crippen LogP contribution >= 0.6 is 0 Å². The van der Waals surface area contributed by atoms with E-state index in [-0.39, 0.29) is 17.5 Å². The molecule has 0 bridgehead atoms. The summed E-state index contributed by atoms with van der Waals surface area (Å²) in [5, 5.41) is 12.4. The van der Waals surface area contributed by atoms with E-state index in [1.165, 1.54) is 0 Å². The quantitative estimate of drug-likeness (QED) is 0.744. The number of nitrogens with zero attached hydrogens (tertiary/aromatic N) is 3. The van der Waals surface area contributed by atoms with Crippen molar-refractivity contribution >= 4 is 22.7 Å². The molecule has 2 aromatic carbocycles. The summed E-state index contributed by atoms with van der Waals surface area (Å²) in [6.45, 7) is 0.636. The summed E-state index contributed by atoms with van der Waals surface area (Å²) in [6.07, 6.45) is 0.602. The highest BCUT2D eigenvalue weighted by Crippen LogP contribution is 2.25. The van der Waals surface area contributed by atoms with Crippen LogP contribution in [0, 0.1) is 11.3 Å². The number of aromatic nitrogens is 1. The minimum absolute atomic E-state index is 0.0799. The fourth-order valence-electron chi connectivity index (χ4n) is 3.22. The predicted molar refractivity (Wildman–Crippen MR) is 106 cm³/mol. The molecule has 2 amide bonds. The van der Waals surface area contributed by atoms with Gasteiger partial charge in [-0.3, -0.25) is 9.59 Å². The first-order valence-electron chi connectivity index (χ1n) is 9.18. The highest BCUT2D eigenvalue weighted by Gasteiger charge is 2.30. The zero-order valence-corrected chi connectivity index (χ0v) is 15.8. The Morgan fingerprint density at radius 1 is 1.17 bits per heavy atom. The second-order valence-electron chi connectivity index (χ2n) is 6.86. The second-order valence-corrected chi connectivity index (χ2v) is 6.86. The van der Waals surface area contributed by atoms with Gasteiger partial charge in [-0.15, -0.1) is 0 Å². The van der Waals surface area contributed by atoms with Crippen molar-refractivity contribution in [1.82, 2.24) is 15.2 Å². The summed E-state index contributed by atoms with van der Waals surface area (Å²) < 4.78 is 5.82. The van der Waals surface area contributed by atoms with Gasteiger partial charge < -0.3 is 15.0 Å². The minimum Gasteiger partial charge on any atom is -0.457 e. The number of likely N-dealkylation sites (N-methyl/N-ethyl adjacent to an activating group) is 1. The summed E-state index contributed by atoms with van der Waals surface area (Å²) >= 11 is 0. The van der Waals surface area contributed by atoms with E-state index < -0.39 is 6.04 Å². The first-order valence-corrected chi connectivity index (χ1v) is 9.18. The number of pyridine rings is 1. The van der Waals surface area contributed by atoms with Crippen LogP contribution in [-0.4, -0.2) is 41.3 Å². The number of benzene rings is 2. The maximum Gasteiger partial charge on any atom is 0.270 e. The van der Waals surface area contributed by atoms with Crippen LogP contribution in [-0.2, 0) is 4.79 Å². The molecule has 7 nitrogen and oxygen atoms in total. The molecule has 1 aromatic heterocycles. The Morgan fingerprint density at radius 2 is 1.93 bits per heavy atom. The van der Waals surface area contributed by atoms with Gasteiger partial charge in [0.25, 0.3) is 5.91 Å². The minimum atomic E-state index is -0.492. The SMILES string of the molecule is CN1CCC(NC(=O)c2ccc3cc(Oc4ccc(C#N)cc4)ccc3n2)C1=O. The van der Waals surface area contributed by atoms with Crippen LogP contribution < -0.4 is 10.1 Å². The molecule has 2 heterocycles. The van der Waals surface area contributed by atoms with Crippen LogP contribution in [0.1, 0.15) is 22.5 Å². The highest BCUT2D eigenvalue weighted by molar-refractivity contribution is 5.98. The smallest absolute Gasteiger partial charge is 0.270 e. The van der Waals surface area contributed by atoms with Gasteiger partial charge >= 0.3 is 0 Å². The molecule has 7 heteroatoms. The molecule has 1 aliphatic rings. The Hall–Kier alpha value is -3.92. The van der Waals surface area contributed by atoms with E-state index in [9.17, 15) is 9.59 Å². The first-order chi connectivity index (χ1) is 14.0. The number of likely N-dealkylation sites (tertiary alicyclic amines) is 1. The number of fused-ring (bicyclic) bond motifs is 1. The molecule has 4 rings (SSSR count). The fraction of sp³-hybridized carbons (Fsp3) is 0.182. The van der Waals surface area contributed by atoms with Crippen molar-refractivity contribution in [2.24, 2.45) is 0 Å². The van der Waals surface area contributed by atoms with Gasteiger partial charge in [0.05, 0.1) is 17.1 Å². The molecule has 1 saturated heterocycles. The lowest BCUT2D eigenvalue weighted by Gasteiger charge is -2.12. The molecule has 0 saturated carbocycles. The van der Waals surface area contributed by atoms with Crippen LogP contribution in [0.2, 0.25) is 0 Å². The molecule has 1 unspecified atom stereocenters. The Morgan fingerprint density at radius 3 is 2.62 bits per heavy atom.